The fourth-order valence-corrected chi connectivity index (χ4v) is 4.01. The Balaban J connectivity index is 1.51. The molecule has 7 heteroatoms. The van der Waals surface area contributed by atoms with Gasteiger partial charge in [-0.3, -0.25) is 9.69 Å². The standard InChI is InChI=1S/C18H24N6O/c25-18(23-11-10-22-9-5-4-8-16(22)13-23)17(24-14-19-20-21-24)12-15-6-2-1-3-7-15/h1-3,6-7,14,16-17H,4-5,8-13H2/t16-,17-/m1/s1. The first-order valence-corrected chi connectivity index (χ1v) is 9.10. The van der Waals surface area contributed by atoms with E-state index >= 15 is 0 Å². The summed E-state index contributed by atoms with van der Waals surface area (Å²) < 4.78 is 1.60. The average Bonchev–Trinajstić information content (AvgIpc) is 3.20. The highest BCUT2D eigenvalue weighted by atomic mass is 16.2. The number of tetrazole rings is 1. The van der Waals surface area contributed by atoms with Crippen molar-refractivity contribution in [2.75, 3.05) is 26.2 Å². The molecule has 25 heavy (non-hydrogen) atoms. The number of aromatic nitrogens is 4. The molecule has 2 aliphatic heterocycles. The van der Waals surface area contributed by atoms with Crippen LogP contribution in [0, 0.1) is 0 Å². The number of rotatable bonds is 4. The minimum absolute atomic E-state index is 0.126. The Bertz CT molecular complexity index is 689. The van der Waals surface area contributed by atoms with Crippen molar-refractivity contribution in [2.24, 2.45) is 0 Å². The number of hydrogen-bond donors (Lipinski definition) is 0. The first kappa shape index (κ1) is 16.2. The van der Waals surface area contributed by atoms with Gasteiger partial charge >= 0.3 is 0 Å². The largest absolute Gasteiger partial charge is 0.338 e. The zero-order chi connectivity index (χ0) is 17.1. The summed E-state index contributed by atoms with van der Waals surface area (Å²) in [5.74, 6) is 0.126. The van der Waals surface area contributed by atoms with E-state index in [2.05, 4.69) is 20.4 Å². The van der Waals surface area contributed by atoms with Gasteiger partial charge in [-0.1, -0.05) is 36.8 Å². The lowest BCUT2D eigenvalue weighted by atomic mass is 9.98. The minimum atomic E-state index is -0.382. The molecule has 1 aromatic heterocycles. The van der Waals surface area contributed by atoms with Crippen LogP contribution < -0.4 is 0 Å². The van der Waals surface area contributed by atoms with Crippen LogP contribution >= 0.6 is 0 Å². The topological polar surface area (TPSA) is 67.2 Å². The average molecular weight is 340 g/mol. The van der Waals surface area contributed by atoms with E-state index in [0.717, 1.165) is 25.2 Å². The highest BCUT2D eigenvalue weighted by Crippen LogP contribution is 2.24. The van der Waals surface area contributed by atoms with E-state index in [1.54, 1.807) is 11.0 Å². The molecule has 2 aliphatic rings. The summed E-state index contributed by atoms with van der Waals surface area (Å²) in [5.41, 5.74) is 1.12. The molecule has 4 rings (SSSR count). The third-order valence-corrected chi connectivity index (χ3v) is 5.39. The maximum absolute atomic E-state index is 13.3. The fourth-order valence-electron chi connectivity index (χ4n) is 4.01. The Kier molecular flexibility index (Phi) is 4.74. The second kappa shape index (κ2) is 7.31. The summed E-state index contributed by atoms with van der Waals surface area (Å²) in [7, 11) is 0. The number of fused-ring (bicyclic) bond motifs is 1. The molecule has 2 atom stereocenters. The van der Waals surface area contributed by atoms with Gasteiger partial charge in [0.2, 0.25) is 5.91 Å². The Morgan fingerprint density at radius 3 is 2.84 bits per heavy atom. The van der Waals surface area contributed by atoms with Gasteiger partial charge in [0.25, 0.3) is 0 Å². The first-order valence-electron chi connectivity index (χ1n) is 9.10. The molecule has 7 nitrogen and oxygen atoms in total. The van der Waals surface area contributed by atoms with Gasteiger partial charge in [-0.2, -0.15) is 0 Å². The number of piperazine rings is 1. The molecule has 2 aromatic rings. The van der Waals surface area contributed by atoms with Crippen LogP contribution in [0.1, 0.15) is 30.9 Å². The van der Waals surface area contributed by atoms with Gasteiger partial charge in [0.05, 0.1) is 0 Å². The summed E-state index contributed by atoms with van der Waals surface area (Å²) in [6.07, 6.45) is 5.89. The van der Waals surface area contributed by atoms with Crippen molar-refractivity contribution < 1.29 is 4.79 Å². The maximum atomic E-state index is 13.3. The number of benzene rings is 1. The van der Waals surface area contributed by atoms with Crippen molar-refractivity contribution in [3.05, 3.63) is 42.2 Å². The highest BCUT2D eigenvalue weighted by molar-refractivity contribution is 5.80. The lowest BCUT2D eigenvalue weighted by Gasteiger charge is -2.44. The van der Waals surface area contributed by atoms with Crippen LogP contribution in [-0.4, -0.2) is 68.1 Å². The van der Waals surface area contributed by atoms with Crippen molar-refractivity contribution in [1.82, 2.24) is 30.0 Å². The molecule has 3 heterocycles. The smallest absolute Gasteiger partial charge is 0.248 e. The molecular formula is C18H24N6O. The lowest BCUT2D eigenvalue weighted by molar-refractivity contribution is -0.138. The SMILES string of the molecule is O=C([C@@H](Cc1ccccc1)n1cnnn1)N1CCN2CCCC[C@@H]2C1. The summed E-state index contributed by atoms with van der Waals surface area (Å²) in [6.45, 7) is 3.77. The molecular weight excluding hydrogens is 316 g/mol. The van der Waals surface area contributed by atoms with Crippen LogP contribution in [-0.2, 0) is 11.2 Å². The van der Waals surface area contributed by atoms with Crippen LogP contribution in [0.4, 0.5) is 0 Å². The van der Waals surface area contributed by atoms with E-state index in [9.17, 15) is 4.79 Å². The molecule has 1 aromatic carbocycles. The molecule has 2 saturated heterocycles. The number of hydrogen-bond acceptors (Lipinski definition) is 5. The van der Waals surface area contributed by atoms with Gasteiger partial charge in [-0.25, -0.2) is 4.68 Å². The van der Waals surface area contributed by atoms with Gasteiger partial charge in [0, 0.05) is 32.1 Å². The van der Waals surface area contributed by atoms with E-state index in [4.69, 9.17) is 0 Å². The number of piperidine rings is 1. The van der Waals surface area contributed by atoms with E-state index < -0.39 is 0 Å². The number of amides is 1. The molecule has 0 aliphatic carbocycles. The molecule has 0 N–H and O–H groups in total. The maximum Gasteiger partial charge on any atom is 0.248 e. The molecule has 1 amide bonds. The summed E-state index contributed by atoms with van der Waals surface area (Å²) >= 11 is 0. The third kappa shape index (κ3) is 3.56. The zero-order valence-electron chi connectivity index (χ0n) is 14.4. The lowest BCUT2D eigenvalue weighted by Crippen LogP contribution is -2.57. The van der Waals surface area contributed by atoms with Crippen LogP contribution in [0.15, 0.2) is 36.7 Å². The van der Waals surface area contributed by atoms with Gasteiger partial charge in [0.15, 0.2) is 0 Å². The van der Waals surface area contributed by atoms with E-state index in [-0.39, 0.29) is 11.9 Å². The van der Waals surface area contributed by atoms with Crippen molar-refractivity contribution >= 4 is 5.91 Å². The molecule has 0 bridgehead atoms. The summed E-state index contributed by atoms with van der Waals surface area (Å²) in [6, 6.07) is 10.2. The Morgan fingerprint density at radius 1 is 1.16 bits per heavy atom. The van der Waals surface area contributed by atoms with Gasteiger partial charge in [-0.15, -0.1) is 5.10 Å². The second-order valence-electron chi connectivity index (χ2n) is 6.97. The van der Waals surface area contributed by atoms with Gasteiger partial charge < -0.3 is 4.90 Å². The van der Waals surface area contributed by atoms with Crippen molar-refractivity contribution in [3.8, 4) is 0 Å². The fraction of sp³-hybridized carbons (Fsp3) is 0.556. The van der Waals surface area contributed by atoms with E-state index in [1.165, 1.54) is 25.8 Å². The highest BCUT2D eigenvalue weighted by Gasteiger charge is 2.34. The Morgan fingerprint density at radius 2 is 2.04 bits per heavy atom. The molecule has 0 unspecified atom stereocenters. The third-order valence-electron chi connectivity index (χ3n) is 5.39. The van der Waals surface area contributed by atoms with Crippen molar-refractivity contribution in [2.45, 2.75) is 37.8 Å². The summed E-state index contributed by atoms with van der Waals surface area (Å²) in [4.78, 5) is 17.8. The Labute approximate surface area is 147 Å². The quantitative estimate of drug-likeness (QED) is 0.835. The normalized spacial score (nSPS) is 22.4. The van der Waals surface area contributed by atoms with Crippen molar-refractivity contribution in [3.63, 3.8) is 0 Å². The molecule has 2 fully saturated rings. The first-order chi connectivity index (χ1) is 12.3. The molecule has 0 radical (unpaired) electrons. The van der Waals surface area contributed by atoms with Crippen LogP contribution in [0.5, 0.6) is 0 Å². The zero-order valence-corrected chi connectivity index (χ0v) is 14.4. The van der Waals surface area contributed by atoms with E-state index in [1.807, 2.05) is 35.2 Å². The molecule has 0 spiro atoms. The van der Waals surface area contributed by atoms with Crippen LogP contribution in [0.25, 0.3) is 0 Å². The van der Waals surface area contributed by atoms with Crippen molar-refractivity contribution in [1.29, 1.82) is 0 Å². The summed E-state index contributed by atoms with van der Waals surface area (Å²) in [5, 5.41) is 11.5. The predicted octanol–water partition coefficient (Wildman–Crippen LogP) is 1.15. The minimum Gasteiger partial charge on any atom is -0.338 e. The van der Waals surface area contributed by atoms with Gasteiger partial charge in [0.1, 0.15) is 12.4 Å². The monoisotopic (exact) mass is 340 g/mol. The number of carbonyl (C=O) groups is 1. The molecule has 0 saturated carbocycles. The predicted molar refractivity (Wildman–Crippen MR) is 92.8 cm³/mol. The van der Waals surface area contributed by atoms with Crippen LogP contribution in [0.3, 0.4) is 0 Å². The number of nitrogens with zero attached hydrogens (tertiary/aromatic N) is 6. The Hall–Kier alpha value is -2.28. The number of carbonyl (C=O) groups excluding carboxylic acids is 1. The van der Waals surface area contributed by atoms with E-state index in [0.29, 0.717) is 12.5 Å². The second-order valence-corrected chi connectivity index (χ2v) is 6.97. The van der Waals surface area contributed by atoms with Gasteiger partial charge in [-0.05, 0) is 35.4 Å². The van der Waals surface area contributed by atoms with Crippen LogP contribution in [0.2, 0.25) is 0 Å². The molecule has 132 valence electrons.